The van der Waals surface area contributed by atoms with Gasteiger partial charge in [-0.25, -0.2) is 13.6 Å². The van der Waals surface area contributed by atoms with Crippen LogP contribution in [-0.4, -0.2) is 25.5 Å². The summed E-state index contributed by atoms with van der Waals surface area (Å²) >= 11 is 0.820. The van der Waals surface area contributed by atoms with Gasteiger partial charge in [0.15, 0.2) is 0 Å². The summed E-state index contributed by atoms with van der Waals surface area (Å²) in [6.45, 7) is 1.70. The monoisotopic (exact) mass is 378 g/mol. The minimum atomic E-state index is -3.09. The highest BCUT2D eigenvalue weighted by atomic mass is 32.1. The van der Waals surface area contributed by atoms with Crippen molar-refractivity contribution < 1.29 is 27.8 Å². The Morgan fingerprint density at radius 1 is 1.23 bits per heavy atom. The number of ether oxygens (including phenoxy) is 2. The molecule has 136 valence electrons. The number of hydrogen-bond donors (Lipinski definition) is 0. The first kappa shape index (κ1) is 17.1. The van der Waals surface area contributed by atoms with E-state index < -0.39 is 17.8 Å². The second kappa shape index (κ2) is 5.87. The lowest BCUT2D eigenvalue weighted by Gasteiger charge is -2.13. The van der Waals surface area contributed by atoms with Crippen LogP contribution in [0.25, 0.3) is 0 Å². The van der Waals surface area contributed by atoms with E-state index in [4.69, 9.17) is 9.47 Å². The molecule has 0 bridgehead atoms. The van der Waals surface area contributed by atoms with Gasteiger partial charge in [-0.15, -0.1) is 11.3 Å². The van der Waals surface area contributed by atoms with Gasteiger partial charge in [-0.2, -0.15) is 0 Å². The molecule has 0 spiro atoms. The zero-order valence-electron chi connectivity index (χ0n) is 14.2. The number of hydrogen-bond acceptors (Lipinski definition) is 5. The molecular formula is C19H16F2O4S. The van der Waals surface area contributed by atoms with Crippen molar-refractivity contribution in [2.45, 2.75) is 25.2 Å². The molecule has 1 aromatic heterocycles. The maximum Gasteiger partial charge on any atom is 0.348 e. The molecule has 1 aromatic carbocycles. The molecule has 0 radical (unpaired) electrons. The summed E-state index contributed by atoms with van der Waals surface area (Å²) in [4.78, 5) is 25.2. The third-order valence-electron chi connectivity index (χ3n) is 4.92. The molecule has 26 heavy (non-hydrogen) atoms. The summed E-state index contributed by atoms with van der Waals surface area (Å²) in [5.41, 5.74) is 0.422. The maximum atomic E-state index is 14.7. The molecule has 0 N–H and O–H groups in total. The van der Waals surface area contributed by atoms with Gasteiger partial charge in [-0.1, -0.05) is 0 Å². The smallest absolute Gasteiger partial charge is 0.348 e. The van der Waals surface area contributed by atoms with Crippen LogP contribution in [0.3, 0.4) is 0 Å². The number of halogens is 2. The van der Waals surface area contributed by atoms with Gasteiger partial charge in [-0.05, 0) is 49.1 Å². The Labute approximate surface area is 152 Å². The number of thiophene rings is 1. The van der Waals surface area contributed by atoms with Crippen LogP contribution in [0.5, 0.6) is 5.75 Å². The van der Waals surface area contributed by atoms with E-state index in [1.807, 2.05) is 0 Å². The fraction of sp³-hybridized carbons (Fsp3) is 0.368. The first-order chi connectivity index (χ1) is 12.4. The Kier molecular flexibility index (Phi) is 3.87. The van der Waals surface area contributed by atoms with Crippen LogP contribution in [0.1, 0.15) is 55.3 Å². The van der Waals surface area contributed by atoms with Crippen LogP contribution in [-0.2, 0) is 10.7 Å². The van der Waals surface area contributed by atoms with E-state index in [0.717, 1.165) is 11.3 Å². The van der Waals surface area contributed by atoms with Gasteiger partial charge in [0.25, 0.3) is 5.92 Å². The fourth-order valence-corrected chi connectivity index (χ4v) is 4.88. The molecule has 4 rings (SSSR count). The average Bonchev–Trinajstić information content (AvgIpc) is 3.28. The molecule has 0 saturated heterocycles. The molecule has 1 heterocycles. The molecule has 2 aromatic rings. The quantitative estimate of drug-likeness (QED) is 0.573. The molecule has 2 aliphatic carbocycles. The average molecular weight is 378 g/mol. The topological polar surface area (TPSA) is 52.6 Å². The van der Waals surface area contributed by atoms with Gasteiger partial charge < -0.3 is 9.47 Å². The summed E-state index contributed by atoms with van der Waals surface area (Å²) in [5, 5.41) is 0. The van der Waals surface area contributed by atoms with E-state index in [9.17, 15) is 18.4 Å². The number of fused-ring (bicyclic) bond motifs is 3. The van der Waals surface area contributed by atoms with E-state index in [1.165, 1.54) is 7.11 Å². The molecular weight excluding hydrogens is 362 g/mol. The van der Waals surface area contributed by atoms with Gasteiger partial charge >= 0.3 is 5.97 Å². The zero-order valence-corrected chi connectivity index (χ0v) is 15.0. The highest BCUT2D eigenvalue weighted by Gasteiger charge is 2.66. The standard InChI is InChI=1S/C19H16F2O4S/c1-3-25-18(23)17-14-13(11-8-12(11)19(14,20)21)16(26-17)15(22)9-4-6-10(24-2)7-5-9/h4-7,11-12H,3,8H2,1-2H3/t11-,12+/m1/s1. The van der Waals surface area contributed by atoms with Crippen molar-refractivity contribution >= 4 is 23.1 Å². The maximum absolute atomic E-state index is 14.7. The molecule has 4 nitrogen and oxygen atoms in total. The SMILES string of the molecule is CCOC(=O)c1sc(C(=O)c2ccc(OC)cc2)c2c1C(F)(F)[C@H]1C[C@@H]21. The largest absolute Gasteiger partial charge is 0.497 e. The first-order valence-electron chi connectivity index (χ1n) is 8.31. The molecule has 0 amide bonds. The fourth-order valence-electron chi connectivity index (χ4n) is 3.61. The van der Waals surface area contributed by atoms with Gasteiger partial charge in [0.05, 0.1) is 24.2 Å². The molecule has 0 aliphatic heterocycles. The lowest BCUT2D eigenvalue weighted by Crippen LogP contribution is -2.17. The van der Waals surface area contributed by atoms with E-state index in [-0.39, 0.29) is 33.6 Å². The van der Waals surface area contributed by atoms with Gasteiger partial charge in [0, 0.05) is 11.5 Å². The van der Waals surface area contributed by atoms with Crippen LogP contribution >= 0.6 is 11.3 Å². The van der Waals surface area contributed by atoms with Crippen molar-refractivity contribution in [3.05, 3.63) is 50.7 Å². The number of carbonyl (C=O) groups excluding carboxylic acids is 2. The number of ketones is 1. The first-order valence-corrected chi connectivity index (χ1v) is 9.12. The third kappa shape index (κ3) is 2.37. The number of benzene rings is 1. The van der Waals surface area contributed by atoms with Crippen molar-refractivity contribution in [3.63, 3.8) is 0 Å². The van der Waals surface area contributed by atoms with Crippen molar-refractivity contribution in [3.8, 4) is 5.75 Å². The van der Waals surface area contributed by atoms with Crippen LogP contribution in [0.2, 0.25) is 0 Å². The van der Waals surface area contributed by atoms with E-state index >= 15 is 0 Å². The Hall–Kier alpha value is -2.28. The second-order valence-electron chi connectivity index (χ2n) is 6.40. The van der Waals surface area contributed by atoms with E-state index in [2.05, 4.69) is 0 Å². The van der Waals surface area contributed by atoms with Crippen molar-refractivity contribution in [2.75, 3.05) is 13.7 Å². The van der Waals surface area contributed by atoms with Gasteiger partial charge in [-0.3, -0.25) is 4.79 Å². The molecule has 2 aliphatic rings. The lowest BCUT2D eigenvalue weighted by molar-refractivity contribution is -0.0234. The molecule has 2 atom stereocenters. The molecule has 0 unspecified atom stereocenters. The van der Waals surface area contributed by atoms with Gasteiger partial charge in [0.1, 0.15) is 10.6 Å². The summed E-state index contributed by atoms with van der Waals surface area (Å²) in [5.74, 6) is -4.79. The predicted molar refractivity (Wildman–Crippen MR) is 91.4 cm³/mol. The highest BCUT2D eigenvalue weighted by Crippen LogP contribution is 2.69. The highest BCUT2D eigenvalue weighted by molar-refractivity contribution is 7.16. The summed E-state index contributed by atoms with van der Waals surface area (Å²) < 4.78 is 39.4. The number of rotatable bonds is 5. The molecule has 1 saturated carbocycles. The Morgan fingerprint density at radius 3 is 2.54 bits per heavy atom. The van der Waals surface area contributed by atoms with Crippen LogP contribution in [0, 0.1) is 5.92 Å². The number of alkyl halides is 2. The van der Waals surface area contributed by atoms with Crippen molar-refractivity contribution in [2.24, 2.45) is 5.92 Å². The minimum Gasteiger partial charge on any atom is -0.497 e. The Morgan fingerprint density at radius 2 is 1.92 bits per heavy atom. The third-order valence-corrected chi connectivity index (χ3v) is 6.11. The predicted octanol–water partition coefficient (Wildman–Crippen LogP) is 4.37. The van der Waals surface area contributed by atoms with Crippen LogP contribution in [0.4, 0.5) is 8.78 Å². The number of esters is 1. The second-order valence-corrected chi connectivity index (χ2v) is 7.42. The Balaban J connectivity index is 1.81. The summed E-state index contributed by atoms with van der Waals surface area (Å²) in [6, 6.07) is 6.47. The number of carbonyl (C=O) groups is 2. The lowest BCUT2D eigenvalue weighted by atomic mass is 10.0. The van der Waals surface area contributed by atoms with E-state index in [0.29, 0.717) is 23.3 Å². The number of methoxy groups -OCH3 is 1. The molecule has 7 heteroatoms. The minimum absolute atomic E-state index is 0.0890. The van der Waals surface area contributed by atoms with Crippen LogP contribution in [0.15, 0.2) is 24.3 Å². The molecule has 1 fully saturated rings. The summed E-state index contributed by atoms with van der Waals surface area (Å²) in [6.07, 6.45) is 0.349. The van der Waals surface area contributed by atoms with Gasteiger partial charge in [0.2, 0.25) is 5.78 Å². The zero-order chi connectivity index (χ0) is 18.6. The van der Waals surface area contributed by atoms with Crippen molar-refractivity contribution in [1.29, 1.82) is 0 Å². The van der Waals surface area contributed by atoms with Crippen LogP contribution < -0.4 is 4.74 Å². The van der Waals surface area contributed by atoms with E-state index in [1.54, 1.807) is 31.2 Å². The summed E-state index contributed by atoms with van der Waals surface area (Å²) in [7, 11) is 1.52. The van der Waals surface area contributed by atoms with Crippen molar-refractivity contribution in [1.82, 2.24) is 0 Å². The Bertz CT molecular complexity index is 901. The normalized spacial score (nSPS) is 21.7.